The molecule has 1 heterocycles. The van der Waals surface area contributed by atoms with E-state index in [1.165, 1.54) is 4.90 Å². The second-order valence-corrected chi connectivity index (χ2v) is 5.02. The summed E-state index contributed by atoms with van der Waals surface area (Å²) in [6.45, 7) is 3.50. The highest BCUT2D eigenvalue weighted by Gasteiger charge is 2.22. The summed E-state index contributed by atoms with van der Waals surface area (Å²) in [4.78, 5) is 28.1. The normalized spacial score (nSPS) is 12.8. The van der Waals surface area contributed by atoms with Crippen molar-refractivity contribution in [3.05, 3.63) is 35.5 Å². The number of para-hydroxylation sites is 1. The Kier molecular flexibility index (Phi) is 3.90. The van der Waals surface area contributed by atoms with E-state index in [0.717, 1.165) is 16.6 Å². The Bertz CT molecular complexity index is 660. The zero-order valence-corrected chi connectivity index (χ0v) is 11.8. The van der Waals surface area contributed by atoms with Gasteiger partial charge in [0.05, 0.1) is 6.54 Å². The number of nitrogens with one attached hydrogen (secondary N) is 1. The number of nitrogens with zero attached hydrogens (tertiary/aromatic N) is 1. The molecular weight excluding hydrogens is 256 g/mol. The molecule has 2 aromatic rings. The van der Waals surface area contributed by atoms with E-state index >= 15 is 0 Å². The largest absolute Gasteiger partial charge is 0.480 e. The van der Waals surface area contributed by atoms with Gasteiger partial charge in [0.2, 0.25) is 0 Å². The summed E-state index contributed by atoms with van der Waals surface area (Å²) in [6, 6.07) is 6.92. The molecular formula is C15H18N2O3. The van der Waals surface area contributed by atoms with Crippen LogP contribution in [0.1, 0.15) is 23.0 Å². The number of fused-ring (bicyclic) bond motifs is 1. The number of carbonyl (C=O) groups is 2. The average molecular weight is 274 g/mol. The quantitative estimate of drug-likeness (QED) is 0.819. The lowest BCUT2D eigenvalue weighted by Gasteiger charge is -2.20. The summed E-state index contributed by atoms with van der Waals surface area (Å²) in [7, 11) is 1.64. The maximum absolute atomic E-state index is 12.4. The first-order valence-electron chi connectivity index (χ1n) is 6.45. The van der Waals surface area contributed by atoms with Crippen molar-refractivity contribution in [2.75, 3.05) is 13.6 Å². The van der Waals surface area contributed by atoms with E-state index in [-0.39, 0.29) is 12.3 Å². The lowest BCUT2D eigenvalue weighted by Crippen LogP contribution is -2.39. The van der Waals surface area contributed by atoms with Crippen molar-refractivity contribution in [3.63, 3.8) is 0 Å². The Labute approximate surface area is 117 Å². The molecule has 0 aliphatic heterocycles. The van der Waals surface area contributed by atoms with Gasteiger partial charge in [-0.15, -0.1) is 0 Å². The van der Waals surface area contributed by atoms with Crippen LogP contribution in [-0.4, -0.2) is 46.4 Å². The number of H-pyrrole nitrogens is 1. The van der Waals surface area contributed by atoms with Gasteiger partial charge in [-0.1, -0.05) is 18.2 Å². The maximum atomic E-state index is 12.4. The van der Waals surface area contributed by atoms with Gasteiger partial charge in [-0.05, 0) is 27.0 Å². The minimum Gasteiger partial charge on any atom is -0.480 e. The zero-order valence-electron chi connectivity index (χ0n) is 11.8. The molecule has 5 nitrogen and oxygen atoms in total. The molecule has 0 fully saturated rings. The molecule has 5 heteroatoms. The minimum absolute atomic E-state index is 0.0736. The van der Waals surface area contributed by atoms with Crippen molar-refractivity contribution in [1.82, 2.24) is 9.88 Å². The number of carbonyl (C=O) groups excluding carboxylic acids is 1. The lowest BCUT2D eigenvalue weighted by atomic mass is 10.1. The smallest absolute Gasteiger partial charge is 0.320 e. The number of rotatable bonds is 5. The summed E-state index contributed by atoms with van der Waals surface area (Å²) in [5.74, 6) is -1.01. The van der Waals surface area contributed by atoms with E-state index in [4.69, 9.17) is 5.11 Å². The van der Waals surface area contributed by atoms with Crippen LogP contribution >= 0.6 is 0 Å². The van der Waals surface area contributed by atoms with Crippen LogP contribution in [-0.2, 0) is 4.79 Å². The number of aryl methyl sites for hydroxylation is 1. The number of hydrogen-bond acceptors (Lipinski definition) is 3. The van der Waals surface area contributed by atoms with E-state index < -0.39 is 12.0 Å². The van der Waals surface area contributed by atoms with Gasteiger partial charge < -0.3 is 10.1 Å². The first kappa shape index (κ1) is 14.3. The Balaban J connectivity index is 2.28. The molecule has 0 spiro atoms. The Hall–Kier alpha value is -2.14. The van der Waals surface area contributed by atoms with Gasteiger partial charge in [0, 0.05) is 22.2 Å². The Morgan fingerprint density at radius 1 is 1.35 bits per heavy atom. The summed E-state index contributed by atoms with van der Waals surface area (Å²) in [5, 5.41) is 9.84. The third-order valence-electron chi connectivity index (χ3n) is 3.58. The molecule has 0 amide bonds. The Morgan fingerprint density at radius 3 is 2.65 bits per heavy atom. The molecule has 0 saturated carbocycles. The fraction of sp³-hybridized carbons (Fsp3) is 0.333. The molecule has 2 N–H and O–H groups in total. The highest BCUT2D eigenvalue weighted by molar-refractivity contribution is 6.10. The molecule has 2 rings (SSSR count). The molecule has 0 aliphatic carbocycles. The van der Waals surface area contributed by atoms with Gasteiger partial charge in [-0.2, -0.15) is 0 Å². The number of carboxylic acid groups (broad SMARTS) is 1. The number of aromatic nitrogens is 1. The van der Waals surface area contributed by atoms with Crippen molar-refractivity contribution in [1.29, 1.82) is 0 Å². The minimum atomic E-state index is -0.934. The van der Waals surface area contributed by atoms with Crippen LogP contribution in [0.3, 0.4) is 0 Å². The SMILES string of the molecule is Cc1[nH]c2ccccc2c1C(=O)CN(C)C(C)C(=O)O. The fourth-order valence-electron chi connectivity index (χ4n) is 2.27. The predicted octanol–water partition coefficient (Wildman–Crippen LogP) is 2.06. The van der Waals surface area contributed by atoms with Crippen LogP contribution < -0.4 is 0 Å². The van der Waals surface area contributed by atoms with Crippen molar-refractivity contribution in [2.24, 2.45) is 0 Å². The number of benzene rings is 1. The van der Waals surface area contributed by atoms with Crippen LogP contribution in [0.15, 0.2) is 24.3 Å². The second kappa shape index (κ2) is 5.46. The van der Waals surface area contributed by atoms with Crippen LogP contribution in [0.5, 0.6) is 0 Å². The van der Waals surface area contributed by atoms with Crippen LogP contribution in [0.2, 0.25) is 0 Å². The molecule has 0 aliphatic rings. The molecule has 1 unspecified atom stereocenters. The van der Waals surface area contributed by atoms with Crippen LogP contribution in [0.4, 0.5) is 0 Å². The summed E-state index contributed by atoms with van der Waals surface area (Å²) < 4.78 is 0. The molecule has 1 atom stereocenters. The highest BCUT2D eigenvalue weighted by Crippen LogP contribution is 2.22. The lowest BCUT2D eigenvalue weighted by molar-refractivity contribution is -0.141. The number of carboxylic acids is 1. The summed E-state index contributed by atoms with van der Waals surface area (Å²) in [6.07, 6.45) is 0. The van der Waals surface area contributed by atoms with E-state index in [0.29, 0.717) is 5.56 Å². The van der Waals surface area contributed by atoms with Gasteiger partial charge in [0.25, 0.3) is 0 Å². The van der Waals surface area contributed by atoms with Crippen molar-refractivity contribution in [2.45, 2.75) is 19.9 Å². The zero-order chi connectivity index (χ0) is 14.9. The van der Waals surface area contributed by atoms with Crippen LogP contribution in [0, 0.1) is 6.92 Å². The van der Waals surface area contributed by atoms with Crippen LogP contribution in [0.25, 0.3) is 10.9 Å². The molecule has 0 radical (unpaired) electrons. The molecule has 1 aromatic carbocycles. The fourth-order valence-corrected chi connectivity index (χ4v) is 2.27. The van der Waals surface area contributed by atoms with Gasteiger partial charge in [-0.25, -0.2) is 0 Å². The standard InChI is InChI=1S/C15H18N2O3/c1-9-14(11-6-4-5-7-12(11)16-9)13(18)8-17(3)10(2)15(19)20/h4-7,10,16H,8H2,1-3H3,(H,19,20). The molecule has 20 heavy (non-hydrogen) atoms. The molecule has 0 bridgehead atoms. The van der Waals surface area contributed by atoms with Gasteiger partial charge in [0.15, 0.2) is 5.78 Å². The van der Waals surface area contributed by atoms with Crippen molar-refractivity contribution in [3.8, 4) is 0 Å². The Morgan fingerprint density at radius 2 is 2.00 bits per heavy atom. The number of aromatic amines is 1. The summed E-state index contributed by atoms with van der Waals surface area (Å²) >= 11 is 0. The second-order valence-electron chi connectivity index (χ2n) is 5.02. The molecule has 0 saturated heterocycles. The van der Waals surface area contributed by atoms with Crippen molar-refractivity contribution < 1.29 is 14.7 Å². The third kappa shape index (κ3) is 2.58. The number of hydrogen-bond donors (Lipinski definition) is 2. The topological polar surface area (TPSA) is 73.4 Å². The maximum Gasteiger partial charge on any atom is 0.320 e. The van der Waals surface area contributed by atoms with Gasteiger partial charge in [0.1, 0.15) is 6.04 Å². The average Bonchev–Trinajstić information content (AvgIpc) is 2.73. The first-order chi connectivity index (χ1) is 9.41. The number of aliphatic carboxylic acids is 1. The third-order valence-corrected chi connectivity index (χ3v) is 3.58. The number of Topliss-reactive ketones (excluding diaryl/α,β-unsaturated/α-hetero) is 1. The van der Waals surface area contributed by atoms with Gasteiger partial charge in [-0.3, -0.25) is 14.5 Å². The van der Waals surface area contributed by atoms with Crippen molar-refractivity contribution >= 4 is 22.7 Å². The molecule has 1 aromatic heterocycles. The van der Waals surface area contributed by atoms with Gasteiger partial charge >= 0.3 is 5.97 Å². The monoisotopic (exact) mass is 274 g/mol. The van der Waals surface area contributed by atoms with E-state index in [1.54, 1.807) is 14.0 Å². The van der Waals surface area contributed by atoms with E-state index in [9.17, 15) is 9.59 Å². The number of ketones is 1. The summed E-state index contributed by atoms with van der Waals surface area (Å²) in [5.41, 5.74) is 2.37. The molecule has 106 valence electrons. The highest BCUT2D eigenvalue weighted by atomic mass is 16.4. The predicted molar refractivity (Wildman–Crippen MR) is 77.1 cm³/mol. The first-order valence-corrected chi connectivity index (χ1v) is 6.45. The number of likely N-dealkylation sites (N-methyl/N-ethyl adjacent to an activating group) is 1. The van der Waals surface area contributed by atoms with E-state index in [2.05, 4.69) is 4.98 Å². The van der Waals surface area contributed by atoms with E-state index in [1.807, 2.05) is 31.2 Å².